The van der Waals surface area contributed by atoms with Crippen molar-refractivity contribution in [1.29, 1.82) is 0 Å². The van der Waals surface area contributed by atoms with Gasteiger partial charge in [-0.25, -0.2) is 4.98 Å². The first-order valence-electron chi connectivity index (χ1n) is 7.37. The Bertz CT molecular complexity index is 800. The molecular weight excluding hydrogens is 296 g/mol. The van der Waals surface area contributed by atoms with E-state index >= 15 is 0 Å². The molecule has 0 spiro atoms. The van der Waals surface area contributed by atoms with Crippen LogP contribution < -0.4 is 4.74 Å². The number of hydrogen-bond donors (Lipinski definition) is 0. The second-order valence-corrected chi connectivity index (χ2v) is 5.90. The number of fused-ring (bicyclic) bond motifs is 1. The first-order valence-corrected chi connectivity index (χ1v) is 7.75. The van der Waals surface area contributed by atoms with Gasteiger partial charge in [0.05, 0.1) is 17.6 Å². The van der Waals surface area contributed by atoms with Gasteiger partial charge in [0.25, 0.3) is 0 Å². The zero-order chi connectivity index (χ0) is 15.7. The molecule has 0 unspecified atom stereocenters. The Morgan fingerprint density at radius 3 is 2.50 bits per heavy atom. The van der Waals surface area contributed by atoms with Crippen LogP contribution in [0.5, 0.6) is 5.75 Å². The number of rotatable bonds is 4. The predicted octanol–water partition coefficient (Wildman–Crippen LogP) is 4.69. The minimum absolute atomic E-state index is 0.599. The lowest BCUT2D eigenvalue weighted by atomic mass is 10.1. The summed E-state index contributed by atoms with van der Waals surface area (Å²) in [5.74, 6) is 1.87. The summed E-state index contributed by atoms with van der Waals surface area (Å²) < 4.78 is 8.08. The first-order chi connectivity index (χ1) is 10.6. The van der Waals surface area contributed by atoms with Crippen LogP contribution in [-0.2, 0) is 6.54 Å². The Hall–Kier alpha value is -2.00. The van der Waals surface area contributed by atoms with E-state index in [1.165, 1.54) is 0 Å². The summed E-state index contributed by atoms with van der Waals surface area (Å²) in [6.07, 6.45) is 0. The average molecular weight is 315 g/mol. The van der Waals surface area contributed by atoms with Crippen molar-refractivity contribution in [2.24, 2.45) is 0 Å². The number of aryl methyl sites for hydroxylation is 3. The zero-order valence-electron chi connectivity index (χ0n) is 13.1. The van der Waals surface area contributed by atoms with Crippen molar-refractivity contribution in [3.05, 3.63) is 58.4 Å². The lowest BCUT2D eigenvalue weighted by Crippen LogP contribution is -2.09. The standard InChI is InChI=1S/C18H19ClN2O/c1-12-10-15(11-13(2)18(12)19)22-9-8-21-14(3)20-16-6-4-5-7-17(16)21/h4-7,10-11H,8-9H2,1-3H3. The molecule has 0 N–H and O–H groups in total. The van der Waals surface area contributed by atoms with E-state index < -0.39 is 0 Å². The number of imidazole rings is 1. The minimum Gasteiger partial charge on any atom is -0.492 e. The van der Waals surface area contributed by atoms with Gasteiger partial charge in [0.1, 0.15) is 18.2 Å². The van der Waals surface area contributed by atoms with Gasteiger partial charge in [-0.1, -0.05) is 23.7 Å². The smallest absolute Gasteiger partial charge is 0.120 e. The van der Waals surface area contributed by atoms with Crippen molar-refractivity contribution in [3.8, 4) is 5.75 Å². The molecule has 1 heterocycles. The largest absolute Gasteiger partial charge is 0.492 e. The van der Waals surface area contributed by atoms with Gasteiger partial charge in [-0.3, -0.25) is 0 Å². The predicted molar refractivity (Wildman–Crippen MR) is 90.9 cm³/mol. The molecule has 3 nitrogen and oxygen atoms in total. The van der Waals surface area contributed by atoms with Crippen LogP contribution >= 0.6 is 11.6 Å². The maximum Gasteiger partial charge on any atom is 0.120 e. The number of halogens is 1. The summed E-state index contributed by atoms with van der Waals surface area (Å²) in [7, 11) is 0. The van der Waals surface area contributed by atoms with E-state index in [0.717, 1.165) is 45.3 Å². The van der Waals surface area contributed by atoms with Crippen LogP contribution in [0.25, 0.3) is 11.0 Å². The van der Waals surface area contributed by atoms with Crippen LogP contribution in [0.3, 0.4) is 0 Å². The molecule has 0 saturated heterocycles. The highest BCUT2D eigenvalue weighted by atomic mass is 35.5. The summed E-state index contributed by atoms with van der Waals surface area (Å²) in [5.41, 5.74) is 4.26. The SMILES string of the molecule is Cc1cc(OCCn2c(C)nc3ccccc32)cc(C)c1Cl. The number of benzene rings is 2. The fourth-order valence-corrected chi connectivity index (χ4v) is 2.83. The van der Waals surface area contributed by atoms with Crippen molar-refractivity contribution in [1.82, 2.24) is 9.55 Å². The summed E-state index contributed by atoms with van der Waals surface area (Å²) in [5, 5.41) is 0.809. The molecule has 3 rings (SSSR count). The molecule has 0 amide bonds. The lowest BCUT2D eigenvalue weighted by molar-refractivity contribution is 0.298. The normalized spacial score (nSPS) is 11.1. The summed E-state index contributed by atoms with van der Waals surface area (Å²) in [4.78, 5) is 4.57. The Morgan fingerprint density at radius 2 is 1.77 bits per heavy atom. The van der Waals surface area contributed by atoms with Crippen LogP contribution in [0.2, 0.25) is 5.02 Å². The molecule has 0 aliphatic heterocycles. The molecule has 3 aromatic rings. The third-order valence-corrected chi connectivity index (χ3v) is 4.44. The maximum absolute atomic E-state index is 6.18. The molecule has 0 fully saturated rings. The highest BCUT2D eigenvalue weighted by Gasteiger charge is 2.07. The van der Waals surface area contributed by atoms with Crippen molar-refractivity contribution in [3.63, 3.8) is 0 Å². The quantitative estimate of drug-likeness (QED) is 0.698. The number of ether oxygens (including phenoxy) is 1. The highest BCUT2D eigenvalue weighted by Crippen LogP contribution is 2.26. The van der Waals surface area contributed by atoms with Crippen LogP contribution in [-0.4, -0.2) is 16.2 Å². The van der Waals surface area contributed by atoms with Gasteiger partial charge >= 0.3 is 0 Å². The topological polar surface area (TPSA) is 27.1 Å². The molecule has 4 heteroatoms. The fraction of sp³-hybridized carbons (Fsp3) is 0.278. The van der Waals surface area contributed by atoms with Crippen molar-refractivity contribution in [2.45, 2.75) is 27.3 Å². The molecule has 0 atom stereocenters. The fourth-order valence-electron chi connectivity index (χ4n) is 2.72. The summed E-state index contributed by atoms with van der Waals surface area (Å²) in [6.45, 7) is 7.39. The number of aromatic nitrogens is 2. The lowest BCUT2D eigenvalue weighted by Gasteiger charge is -2.11. The van der Waals surface area contributed by atoms with Gasteiger partial charge in [-0.05, 0) is 56.2 Å². The van der Waals surface area contributed by atoms with Crippen molar-refractivity contribution < 1.29 is 4.74 Å². The Morgan fingerprint density at radius 1 is 1.09 bits per heavy atom. The number of hydrogen-bond acceptors (Lipinski definition) is 2. The van der Waals surface area contributed by atoms with E-state index in [9.17, 15) is 0 Å². The molecule has 0 saturated carbocycles. The minimum atomic E-state index is 0.599. The zero-order valence-corrected chi connectivity index (χ0v) is 13.8. The van der Waals surface area contributed by atoms with Crippen LogP contribution in [0.15, 0.2) is 36.4 Å². The highest BCUT2D eigenvalue weighted by molar-refractivity contribution is 6.32. The second-order valence-electron chi connectivity index (χ2n) is 5.52. The number of nitrogens with zero attached hydrogens (tertiary/aromatic N) is 2. The van der Waals surface area contributed by atoms with E-state index in [-0.39, 0.29) is 0 Å². The molecule has 22 heavy (non-hydrogen) atoms. The van der Waals surface area contributed by atoms with E-state index in [0.29, 0.717) is 6.61 Å². The first kappa shape index (κ1) is 14.9. The third kappa shape index (κ3) is 2.81. The monoisotopic (exact) mass is 314 g/mol. The van der Waals surface area contributed by atoms with E-state index in [2.05, 4.69) is 15.6 Å². The van der Waals surface area contributed by atoms with Gasteiger partial charge in [-0.15, -0.1) is 0 Å². The van der Waals surface area contributed by atoms with Gasteiger partial charge in [-0.2, -0.15) is 0 Å². The maximum atomic E-state index is 6.18. The molecule has 0 aliphatic rings. The third-order valence-electron chi connectivity index (χ3n) is 3.84. The van der Waals surface area contributed by atoms with Gasteiger partial charge in [0, 0.05) is 5.02 Å². The average Bonchev–Trinajstić information content (AvgIpc) is 2.81. The van der Waals surface area contributed by atoms with Crippen molar-refractivity contribution in [2.75, 3.05) is 6.61 Å². The van der Waals surface area contributed by atoms with E-state index in [4.69, 9.17) is 16.3 Å². The van der Waals surface area contributed by atoms with Crippen LogP contribution in [0.1, 0.15) is 17.0 Å². The Labute approximate surface area is 135 Å². The Balaban J connectivity index is 1.74. The molecule has 0 radical (unpaired) electrons. The molecule has 1 aromatic heterocycles. The summed E-state index contributed by atoms with van der Waals surface area (Å²) in [6, 6.07) is 12.1. The van der Waals surface area contributed by atoms with Gasteiger partial charge < -0.3 is 9.30 Å². The summed E-state index contributed by atoms with van der Waals surface area (Å²) >= 11 is 6.18. The Kier molecular flexibility index (Phi) is 4.08. The van der Waals surface area contributed by atoms with Crippen molar-refractivity contribution >= 4 is 22.6 Å². The molecular formula is C18H19ClN2O. The van der Waals surface area contributed by atoms with Gasteiger partial charge in [0.2, 0.25) is 0 Å². The van der Waals surface area contributed by atoms with Crippen LogP contribution in [0, 0.1) is 20.8 Å². The molecule has 114 valence electrons. The van der Waals surface area contributed by atoms with E-state index in [1.54, 1.807) is 0 Å². The second kappa shape index (κ2) is 6.01. The van der Waals surface area contributed by atoms with Gasteiger partial charge in [0.15, 0.2) is 0 Å². The molecule has 0 aliphatic carbocycles. The van der Waals surface area contributed by atoms with E-state index in [1.807, 2.05) is 51.1 Å². The molecule has 0 bridgehead atoms. The molecule has 2 aromatic carbocycles. The van der Waals surface area contributed by atoms with Crippen LogP contribution in [0.4, 0.5) is 0 Å². The number of para-hydroxylation sites is 2.